The molecule has 3 atom stereocenters. The van der Waals surface area contributed by atoms with Gasteiger partial charge in [0.25, 0.3) is 0 Å². The molecule has 0 spiro atoms. The smallest absolute Gasteiger partial charge is 0.344 e. The highest BCUT2D eigenvalue weighted by Gasteiger charge is 2.39. The Balaban J connectivity index is 2.21. The van der Waals surface area contributed by atoms with Crippen LogP contribution >= 0.6 is 15.9 Å². The molecule has 0 heterocycles. The molecule has 0 aliphatic heterocycles. The van der Waals surface area contributed by atoms with Gasteiger partial charge in [-0.15, -0.1) is 0 Å². The molecule has 5 heteroatoms. The van der Waals surface area contributed by atoms with Gasteiger partial charge in [0.05, 0.1) is 0 Å². The summed E-state index contributed by atoms with van der Waals surface area (Å²) in [5.41, 5.74) is 0.969. The summed E-state index contributed by atoms with van der Waals surface area (Å²) in [6.45, 7) is 1.66. The molecular weight excluding hydrogens is 300 g/mol. The second kappa shape index (κ2) is 5.28. The van der Waals surface area contributed by atoms with E-state index in [-0.39, 0.29) is 18.4 Å². The summed E-state index contributed by atoms with van der Waals surface area (Å²) in [5, 5.41) is 18.0. The Hall–Kier alpha value is -1.07. The highest BCUT2D eigenvalue weighted by atomic mass is 79.9. The van der Waals surface area contributed by atoms with Crippen LogP contribution in [0.3, 0.4) is 0 Å². The quantitative estimate of drug-likeness (QED) is 0.875. The fourth-order valence-corrected chi connectivity index (χ4v) is 2.37. The normalized spacial score (nSPS) is 23.5. The molecule has 0 bridgehead atoms. The summed E-state index contributed by atoms with van der Waals surface area (Å²) in [6, 6.07) is 5.53. The van der Waals surface area contributed by atoms with Gasteiger partial charge in [0.15, 0.2) is 6.10 Å². The maximum Gasteiger partial charge on any atom is 0.344 e. The number of hydrogen-bond donors (Lipinski definition) is 2. The number of carboxylic acid groups (broad SMARTS) is 1. The van der Waals surface area contributed by atoms with Crippen molar-refractivity contribution < 1.29 is 19.7 Å². The molecule has 2 rings (SSSR count). The van der Waals surface area contributed by atoms with Crippen molar-refractivity contribution in [2.24, 2.45) is 5.92 Å². The third-order valence-electron chi connectivity index (χ3n) is 3.18. The Bertz CT molecular complexity index is 460. The summed E-state index contributed by atoms with van der Waals surface area (Å²) in [6.07, 6.45) is 0.0429. The molecule has 0 saturated heterocycles. The van der Waals surface area contributed by atoms with Crippen LogP contribution in [0, 0.1) is 5.92 Å². The van der Waals surface area contributed by atoms with Crippen LogP contribution in [0.25, 0.3) is 0 Å². The highest BCUT2D eigenvalue weighted by Crippen LogP contribution is 2.50. The molecule has 0 radical (unpaired) electrons. The minimum absolute atomic E-state index is 0.158. The van der Waals surface area contributed by atoms with Crippen LogP contribution in [-0.2, 0) is 4.79 Å². The molecule has 1 aromatic carbocycles. The summed E-state index contributed by atoms with van der Waals surface area (Å²) >= 11 is 3.40. The van der Waals surface area contributed by atoms with Crippen molar-refractivity contribution in [1.82, 2.24) is 0 Å². The summed E-state index contributed by atoms with van der Waals surface area (Å²) < 4.78 is 6.38. The number of aliphatic hydroxyl groups is 1. The van der Waals surface area contributed by atoms with Crippen molar-refractivity contribution in [2.45, 2.75) is 25.4 Å². The SMILES string of the molecule is C[C@H](Oc1ccc(Br)cc1[C@@H]1C[C@H]1CO)C(=O)O. The molecule has 18 heavy (non-hydrogen) atoms. The van der Waals surface area contributed by atoms with E-state index >= 15 is 0 Å². The van der Waals surface area contributed by atoms with Crippen LogP contribution in [0.1, 0.15) is 24.8 Å². The van der Waals surface area contributed by atoms with Gasteiger partial charge in [-0.05, 0) is 48.9 Å². The molecule has 0 unspecified atom stereocenters. The largest absolute Gasteiger partial charge is 0.479 e. The van der Waals surface area contributed by atoms with Gasteiger partial charge in [0.2, 0.25) is 0 Å². The van der Waals surface area contributed by atoms with Crippen LogP contribution in [0.4, 0.5) is 0 Å². The molecule has 1 aromatic rings. The second-order valence-corrected chi connectivity index (χ2v) is 5.48. The standard InChI is InChI=1S/C13H15BrO4/c1-7(13(16)17)18-12-3-2-9(14)5-11(12)10-4-8(10)6-15/h2-3,5,7-8,10,15H,4,6H2,1H3,(H,16,17)/t7-,8-,10+/m0/s1. The van der Waals surface area contributed by atoms with Crippen molar-refractivity contribution in [3.8, 4) is 5.75 Å². The monoisotopic (exact) mass is 314 g/mol. The van der Waals surface area contributed by atoms with E-state index in [9.17, 15) is 4.79 Å². The zero-order chi connectivity index (χ0) is 13.3. The maximum absolute atomic E-state index is 10.8. The fraction of sp³-hybridized carbons (Fsp3) is 0.462. The molecule has 2 N–H and O–H groups in total. The molecule has 4 nitrogen and oxygen atoms in total. The molecule has 98 valence electrons. The van der Waals surface area contributed by atoms with E-state index in [1.807, 2.05) is 12.1 Å². The first kappa shape index (κ1) is 13.4. The Morgan fingerprint density at radius 2 is 2.33 bits per heavy atom. The average Bonchev–Trinajstić information content (AvgIpc) is 3.10. The lowest BCUT2D eigenvalue weighted by atomic mass is 10.1. The topological polar surface area (TPSA) is 66.8 Å². The van der Waals surface area contributed by atoms with Crippen LogP contribution in [0.15, 0.2) is 22.7 Å². The summed E-state index contributed by atoms with van der Waals surface area (Å²) in [5.74, 6) is 0.137. The number of hydrogen-bond acceptors (Lipinski definition) is 3. The first-order valence-electron chi connectivity index (χ1n) is 5.82. The van der Waals surface area contributed by atoms with E-state index in [1.165, 1.54) is 6.92 Å². The van der Waals surface area contributed by atoms with Gasteiger partial charge in [-0.1, -0.05) is 15.9 Å². The number of rotatable bonds is 5. The first-order chi connectivity index (χ1) is 8.52. The van der Waals surface area contributed by atoms with E-state index in [0.29, 0.717) is 5.75 Å². The van der Waals surface area contributed by atoms with Gasteiger partial charge >= 0.3 is 5.97 Å². The molecular formula is C13H15BrO4. The zero-order valence-electron chi connectivity index (χ0n) is 9.97. The minimum Gasteiger partial charge on any atom is -0.479 e. The van der Waals surface area contributed by atoms with E-state index in [1.54, 1.807) is 6.07 Å². The Morgan fingerprint density at radius 1 is 1.61 bits per heavy atom. The first-order valence-corrected chi connectivity index (χ1v) is 6.62. The zero-order valence-corrected chi connectivity index (χ0v) is 11.6. The van der Waals surface area contributed by atoms with Crippen LogP contribution in [0.5, 0.6) is 5.75 Å². The van der Waals surface area contributed by atoms with E-state index in [2.05, 4.69) is 15.9 Å². The van der Waals surface area contributed by atoms with Crippen molar-refractivity contribution in [1.29, 1.82) is 0 Å². The lowest BCUT2D eigenvalue weighted by molar-refractivity contribution is -0.144. The highest BCUT2D eigenvalue weighted by molar-refractivity contribution is 9.10. The molecule has 1 saturated carbocycles. The number of carbonyl (C=O) groups is 1. The number of halogens is 1. The Kier molecular flexibility index (Phi) is 3.92. The van der Waals surface area contributed by atoms with E-state index < -0.39 is 12.1 Å². The molecule has 1 fully saturated rings. The van der Waals surface area contributed by atoms with Crippen molar-refractivity contribution in [3.05, 3.63) is 28.2 Å². The minimum atomic E-state index is -0.988. The third-order valence-corrected chi connectivity index (χ3v) is 3.67. The average molecular weight is 315 g/mol. The number of carboxylic acids is 1. The number of ether oxygens (including phenoxy) is 1. The van der Waals surface area contributed by atoms with Crippen molar-refractivity contribution in [2.75, 3.05) is 6.61 Å². The van der Waals surface area contributed by atoms with Gasteiger partial charge in [0.1, 0.15) is 5.75 Å². The van der Waals surface area contributed by atoms with Crippen LogP contribution in [-0.4, -0.2) is 28.9 Å². The molecule has 0 amide bonds. The van der Waals surface area contributed by atoms with Gasteiger partial charge in [-0.3, -0.25) is 0 Å². The third kappa shape index (κ3) is 2.84. The van der Waals surface area contributed by atoms with Gasteiger partial charge in [-0.25, -0.2) is 4.79 Å². The van der Waals surface area contributed by atoms with Crippen molar-refractivity contribution >= 4 is 21.9 Å². The second-order valence-electron chi connectivity index (χ2n) is 4.57. The fourth-order valence-electron chi connectivity index (χ4n) is 1.99. The van der Waals surface area contributed by atoms with Crippen molar-refractivity contribution in [3.63, 3.8) is 0 Å². The predicted octanol–water partition coefficient (Wildman–Crippen LogP) is 2.40. The molecule has 1 aliphatic rings. The predicted molar refractivity (Wildman–Crippen MR) is 69.8 cm³/mol. The number of benzene rings is 1. The van der Waals surface area contributed by atoms with E-state index in [0.717, 1.165) is 16.5 Å². The van der Waals surface area contributed by atoms with Crippen LogP contribution < -0.4 is 4.74 Å². The Labute approximate surface area is 114 Å². The number of aliphatic carboxylic acids is 1. The van der Waals surface area contributed by atoms with E-state index in [4.69, 9.17) is 14.9 Å². The van der Waals surface area contributed by atoms with Gasteiger partial charge in [0, 0.05) is 11.1 Å². The molecule has 0 aromatic heterocycles. The summed E-state index contributed by atoms with van der Waals surface area (Å²) in [7, 11) is 0. The van der Waals surface area contributed by atoms with Gasteiger partial charge < -0.3 is 14.9 Å². The lowest BCUT2D eigenvalue weighted by Crippen LogP contribution is -2.23. The molecule has 1 aliphatic carbocycles. The number of aliphatic hydroxyl groups excluding tert-OH is 1. The van der Waals surface area contributed by atoms with Crippen LogP contribution in [0.2, 0.25) is 0 Å². The van der Waals surface area contributed by atoms with Gasteiger partial charge in [-0.2, -0.15) is 0 Å². The summed E-state index contributed by atoms with van der Waals surface area (Å²) in [4.78, 5) is 10.8. The maximum atomic E-state index is 10.8. The Morgan fingerprint density at radius 3 is 2.89 bits per heavy atom. The lowest BCUT2D eigenvalue weighted by Gasteiger charge is -2.15.